The zero-order valence-corrected chi connectivity index (χ0v) is 18.2. The summed E-state index contributed by atoms with van der Waals surface area (Å²) in [5.41, 5.74) is 1.13. The van der Waals surface area contributed by atoms with Crippen molar-refractivity contribution in [3.8, 4) is 5.75 Å². The summed E-state index contributed by atoms with van der Waals surface area (Å²) in [6.07, 6.45) is 0.965. The van der Waals surface area contributed by atoms with E-state index in [1.165, 1.54) is 17.0 Å². The van der Waals surface area contributed by atoms with Crippen molar-refractivity contribution in [2.45, 2.75) is 20.0 Å². The van der Waals surface area contributed by atoms with Crippen molar-refractivity contribution < 1.29 is 32.3 Å². The number of amides is 2. The van der Waals surface area contributed by atoms with E-state index in [-0.39, 0.29) is 13.2 Å². The Balaban J connectivity index is 1.57. The van der Waals surface area contributed by atoms with Crippen LogP contribution in [0.4, 0.5) is 17.6 Å². The van der Waals surface area contributed by atoms with Gasteiger partial charge in [0.25, 0.3) is 11.8 Å². The second kappa shape index (κ2) is 9.12. The lowest BCUT2D eigenvalue weighted by atomic mass is 10.1. The quantitative estimate of drug-likeness (QED) is 0.477. The molecule has 2 amide bonds. The van der Waals surface area contributed by atoms with Crippen LogP contribution in [0.1, 0.15) is 37.5 Å². The number of aryl methyl sites for hydroxylation is 1. The second-order valence-electron chi connectivity index (χ2n) is 7.86. The molecule has 12 heteroatoms. The van der Waals surface area contributed by atoms with Gasteiger partial charge in [-0.1, -0.05) is 6.07 Å². The van der Waals surface area contributed by atoms with Crippen LogP contribution in [0.15, 0.2) is 41.3 Å². The van der Waals surface area contributed by atoms with E-state index in [1.54, 1.807) is 13.0 Å². The van der Waals surface area contributed by atoms with Crippen LogP contribution in [0.25, 0.3) is 0 Å². The lowest BCUT2D eigenvalue weighted by Crippen LogP contribution is -2.46. The molecule has 0 spiro atoms. The zero-order chi connectivity index (χ0) is 25.4. The molecule has 0 atom stereocenters. The van der Waals surface area contributed by atoms with E-state index in [0.717, 1.165) is 16.4 Å². The molecule has 1 aliphatic heterocycles. The summed E-state index contributed by atoms with van der Waals surface area (Å²) >= 11 is 0. The molecule has 182 valence electrons. The molecule has 0 saturated heterocycles. The zero-order valence-electron chi connectivity index (χ0n) is 18.2. The number of fused-ring (bicyclic) bond motifs is 1. The van der Waals surface area contributed by atoms with Crippen molar-refractivity contribution in [2.24, 2.45) is 0 Å². The largest absolute Gasteiger partial charge is 0.502 e. The normalized spacial score (nSPS) is 12.8. The number of carbonyl (C=O) groups is 2. The summed E-state index contributed by atoms with van der Waals surface area (Å²) in [6, 6.07) is 4.98. The van der Waals surface area contributed by atoms with E-state index in [0.29, 0.717) is 17.7 Å². The van der Waals surface area contributed by atoms with Crippen molar-refractivity contribution in [2.75, 3.05) is 12.1 Å². The molecule has 1 aliphatic rings. The molecule has 0 aliphatic carbocycles. The molecule has 2 heterocycles. The summed E-state index contributed by atoms with van der Waals surface area (Å²) in [5, 5.41) is 12.5. The molecule has 0 radical (unpaired) electrons. The number of benzene rings is 2. The Hall–Kier alpha value is -4.35. The van der Waals surface area contributed by atoms with Crippen molar-refractivity contribution in [1.29, 1.82) is 0 Å². The summed E-state index contributed by atoms with van der Waals surface area (Å²) < 4.78 is 55.3. The Bertz CT molecular complexity index is 1400. The highest BCUT2D eigenvalue weighted by Gasteiger charge is 2.31. The maximum atomic E-state index is 13.8. The highest BCUT2D eigenvalue weighted by molar-refractivity contribution is 5.99. The molecule has 0 unspecified atom stereocenters. The SMILES string of the molecule is Cc1ccc(F)cc1CN1CNn2cc(C(=O)NCc3c(F)cc(F)cc3F)c(=O)c(O)c2C1=O. The second-order valence-corrected chi connectivity index (χ2v) is 7.86. The van der Waals surface area contributed by atoms with Crippen molar-refractivity contribution >= 4 is 11.8 Å². The van der Waals surface area contributed by atoms with Gasteiger partial charge >= 0.3 is 0 Å². The summed E-state index contributed by atoms with van der Waals surface area (Å²) in [4.78, 5) is 39.3. The number of nitrogens with zero attached hydrogens (tertiary/aromatic N) is 2. The van der Waals surface area contributed by atoms with Gasteiger partial charge in [-0.25, -0.2) is 17.6 Å². The molecule has 3 aromatic rings. The van der Waals surface area contributed by atoms with Crippen LogP contribution in [0.3, 0.4) is 0 Å². The number of aromatic hydroxyl groups is 1. The van der Waals surface area contributed by atoms with Gasteiger partial charge in [0.2, 0.25) is 5.43 Å². The lowest BCUT2D eigenvalue weighted by molar-refractivity contribution is 0.0707. The van der Waals surface area contributed by atoms with Crippen LogP contribution in [0, 0.1) is 30.2 Å². The first-order valence-corrected chi connectivity index (χ1v) is 10.2. The maximum Gasteiger partial charge on any atom is 0.278 e. The summed E-state index contributed by atoms with van der Waals surface area (Å²) in [5.74, 6) is -6.93. The van der Waals surface area contributed by atoms with Crippen LogP contribution in [-0.2, 0) is 13.1 Å². The van der Waals surface area contributed by atoms with Crippen LogP contribution in [0.5, 0.6) is 5.75 Å². The number of carbonyl (C=O) groups excluding carboxylic acids is 2. The van der Waals surface area contributed by atoms with Gasteiger partial charge in [0.15, 0.2) is 11.4 Å². The fraction of sp³-hybridized carbons (Fsp3) is 0.174. The van der Waals surface area contributed by atoms with Gasteiger partial charge in [0.05, 0.1) is 0 Å². The maximum absolute atomic E-state index is 13.8. The van der Waals surface area contributed by atoms with E-state index in [1.807, 2.05) is 0 Å². The Morgan fingerprint density at radius 3 is 2.46 bits per heavy atom. The number of rotatable bonds is 5. The molecule has 0 saturated carbocycles. The van der Waals surface area contributed by atoms with E-state index in [2.05, 4.69) is 10.7 Å². The lowest BCUT2D eigenvalue weighted by Gasteiger charge is -2.32. The molecule has 0 bridgehead atoms. The predicted molar refractivity (Wildman–Crippen MR) is 115 cm³/mol. The van der Waals surface area contributed by atoms with E-state index < -0.39 is 69.6 Å². The minimum Gasteiger partial charge on any atom is -0.502 e. The van der Waals surface area contributed by atoms with Crippen LogP contribution < -0.4 is 16.2 Å². The third kappa shape index (κ3) is 4.54. The predicted octanol–water partition coefficient (Wildman–Crippen LogP) is 2.51. The molecule has 0 fully saturated rings. The number of aromatic nitrogens is 1. The van der Waals surface area contributed by atoms with Gasteiger partial charge in [0.1, 0.15) is 35.5 Å². The molecule has 4 rings (SSSR count). The Labute approximate surface area is 195 Å². The molecule has 2 aromatic carbocycles. The van der Waals surface area contributed by atoms with Crippen molar-refractivity contribution in [1.82, 2.24) is 14.9 Å². The first-order valence-electron chi connectivity index (χ1n) is 10.2. The smallest absolute Gasteiger partial charge is 0.278 e. The summed E-state index contributed by atoms with van der Waals surface area (Å²) in [7, 11) is 0. The van der Waals surface area contributed by atoms with Crippen LogP contribution in [-0.4, -0.2) is 33.2 Å². The minimum atomic E-state index is -1.23. The topological polar surface area (TPSA) is 104 Å². The van der Waals surface area contributed by atoms with E-state index >= 15 is 0 Å². The first kappa shape index (κ1) is 23.8. The molecule has 3 N–H and O–H groups in total. The van der Waals surface area contributed by atoms with Gasteiger partial charge in [-0.2, -0.15) is 0 Å². The van der Waals surface area contributed by atoms with Gasteiger partial charge < -0.3 is 20.7 Å². The molecule has 8 nitrogen and oxygen atoms in total. The number of hydrogen-bond acceptors (Lipinski definition) is 5. The number of pyridine rings is 1. The van der Waals surface area contributed by atoms with Gasteiger partial charge in [-0.05, 0) is 30.2 Å². The third-order valence-corrected chi connectivity index (χ3v) is 5.55. The Morgan fingerprint density at radius 1 is 1.09 bits per heavy atom. The van der Waals surface area contributed by atoms with E-state index in [4.69, 9.17) is 0 Å². The Kier molecular flexibility index (Phi) is 6.20. The van der Waals surface area contributed by atoms with Crippen LogP contribution >= 0.6 is 0 Å². The average molecular weight is 490 g/mol. The molecular weight excluding hydrogens is 472 g/mol. The van der Waals surface area contributed by atoms with Gasteiger partial charge in [0, 0.05) is 37.0 Å². The summed E-state index contributed by atoms with van der Waals surface area (Å²) in [6.45, 7) is 0.921. The van der Waals surface area contributed by atoms with Gasteiger partial charge in [-0.15, -0.1) is 0 Å². The number of nitrogens with one attached hydrogen (secondary N) is 2. The molecule has 35 heavy (non-hydrogen) atoms. The number of hydrogen-bond donors (Lipinski definition) is 3. The first-order chi connectivity index (χ1) is 16.6. The standard InChI is InChI=1S/C23H18F4N4O4/c1-11-2-3-13(24)4-12(11)8-30-10-29-31-9-16(20(32)21(33)19(31)23(30)35)22(34)28-7-15-17(26)5-14(25)6-18(15)27/h2-6,9,29,33H,7-8,10H2,1H3,(H,28,34). The fourth-order valence-corrected chi connectivity index (χ4v) is 3.62. The minimum absolute atomic E-state index is 0.0138. The highest BCUT2D eigenvalue weighted by Crippen LogP contribution is 2.22. The Morgan fingerprint density at radius 2 is 1.77 bits per heavy atom. The molecule has 1 aromatic heterocycles. The van der Waals surface area contributed by atoms with Crippen molar-refractivity contribution in [3.63, 3.8) is 0 Å². The number of halogens is 4. The third-order valence-electron chi connectivity index (χ3n) is 5.55. The van der Waals surface area contributed by atoms with Crippen LogP contribution in [0.2, 0.25) is 0 Å². The fourth-order valence-electron chi connectivity index (χ4n) is 3.62. The average Bonchev–Trinajstić information content (AvgIpc) is 2.79. The van der Waals surface area contributed by atoms with E-state index in [9.17, 15) is 37.1 Å². The van der Waals surface area contributed by atoms with Gasteiger partial charge in [-0.3, -0.25) is 19.1 Å². The highest BCUT2D eigenvalue weighted by atomic mass is 19.1. The monoisotopic (exact) mass is 490 g/mol. The molecular formula is C23H18F4N4O4. The van der Waals surface area contributed by atoms with Crippen molar-refractivity contribution in [3.05, 3.63) is 98.0 Å².